The Balaban J connectivity index is 2.86. The topological polar surface area (TPSA) is 75.6 Å². The van der Waals surface area contributed by atoms with E-state index in [4.69, 9.17) is 4.74 Å². The van der Waals surface area contributed by atoms with Crippen LogP contribution in [0.4, 0.5) is 0 Å². The van der Waals surface area contributed by atoms with Crippen molar-refractivity contribution in [3.63, 3.8) is 0 Å². The van der Waals surface area contributed by atoms with Gasteiger partial charge in [0.2, 0.25) is 10.0 Å². The van der Waals surface area contributed by atoms with Gasteiger partial charge in [0, 0.05) is 6.54 Å². The Morgan fingerprint density at radius 2 is 1.95 bits per heavy atom. The van der Waals surface area contributed by atoms with Crippen LogP contribution in [0.2, 0.25) is 0 Å². The molecule has 0 aliphatic heterocycles. The van der Waals surface area contributed by atoms with Gasteiger partial charge in [0.25, 0.3) is 0 Å². The van der Waals surface area contributed by atoms with E-state index in [2.05, 4.69) is 4.72 Å². The van der Waals surface area contributed by atoms with Crippen molar-refractivity contribution in [2.24, 2.45) is 5.92 Å². The fourth-order valence-electron chi connectivity index (χ4n) is 2.12. The average Bonchev–Trinajstić information content (AvgIpc) is 2.35. The molecule has 0 aliphatic rings. The van der Waals surface area contributed by atoms with Crippen LogP contribution in [0.3, 0.4) is 0 Å². The first-order valence-electron chi connectivity index (χ1n) is 6.53. The van der Waals surface area contributed by atoms with Crippen molar-refractivity contribution >= 4 is 10.0 Å². The summed E-state index contributed by atoms with van der Waals surface area (Å²) in [5.74, 6) is 0.560. The Kier molecular flexibility index (Phi) is 5.56. The molecule has 0 radical (unpaired) electrons. The van der Waals surface area contributed by atoms with Crippen LogP contribution >= 0.6 is 0 Å². The average molecular weight is 301 g/mol. The molecule has 0 aromatic heterocycles. The quantitative estimate of drug-likeness (QED) is 0.805. The summed E-state index contributed by atoms with van der Waals surface area (Å²) in [4.78, 5) is 0.0721. The van der Waals surface area contributed by atoms with E-state index in [1.54, 1.807) is 25.1 Å². The normalized spacial score (nSPS) is 15.1. The van der Waals surface area contributed by atoms with Gasteiger partial charge in [-0.05, 0) is 31.4 Å². The van der Waals surface area contributed by atoms with E-state index in [1.807, 2.05) is 13.8 Å². The van der Waals surface area contributed by atoms with Crippen molar-refractivity contribution in [1.82, 2.24) is 4.72 Å². The number of aliphatic hydroxyl groups is 1. The second-order valence-electron chi connectivity index (χ2n) is 5.57. The Bertz CT molecular complexity index is 538. The van der Waals surface area contributed by atoms with E-state index < -0.39 is 15.6 Å². The Morgan fingerprint density at radius 1 is 1.35 bits per heavy atom. The first-order chi connectivity index (χ1) is 9.18. The van der Waals surface area contributed by atoms with Gasteiger partial charge in [-0.25, -0.2) is 13.1 Å². The van der Waals surface area contributed by atoms with E-state index >= 15 is 0 Å². The van der Waals surface area contributed by atoms with E-state index in [9.17, 15) is 13.5 Å². The fourth-order valence-corrected chi connectivity index (χ4v) is 3.45. The highest BCUT2D eigenvalue weighted by atomic mass is 32.2. The van der Waals surface area contributed by atoms with Crippen LogP contribution in [-0.2, 0) is 10.0 Å². The maximum absolute atomic E-state index is 12.2. The van der Waals surface area contributed by atoms with Crippen LogP contribution in [0.1, 0.15) is 27.2 Å². The molecular weight excluding hydrogens is 278 g/mol. The lowest BCUT2D eigenvalue weighted by Gasteiger charge is -2.25. The predicted octanol–water partition coefficient (Wildman–Crippen LogP) is 1.77. The second kappa shape index (κ2) is 6.56. The smallest absolute Gasteiger partial charge is 0.244 e. The molecule has 1 atom stereocenters. The Labute approximate surface area is 121 Å². The molecule has 1 unspecified atom stereocenters. The maximum Gasteiger partial charge on any atom is 0.244 e. The number of hydrogen-bond donors (Lipinski definition) is 2. The number of ether oxygens (including phenoxy) is 1. The number of methoxy groups -OCH3 is 1. The van der Waals surface area contributed by atoms with Crippen LogP contribution in [-0.4, -0.2) is 32.8 Å². The van der Waals surface area contributed by atoms with Crippen LogP contribution in [0.15, 0.2) is 29.2 Å². The first kappa shape index (κ1) is 16.9. The summed E-state index contributed by atoms with van der Waals surface area (Å²) in [7, 11) is -2.29. The lowest BCUT2D eigenvalue weighted by Crippen LogP contribution is -2.41. The molecule has 0 bridgehead atoms. The number of nitrogens with one attached hydrogen (secondary N) is 1. The summed E-state index contributed by atoms with van der Waals surface area (Å²) in [6.07, 6.45) is 0.515. The summed E-state index contributed by atoms with van der Waals surface area (Å²) in [5, 5.41) is 10.2. The van der Waals surface area contributed by atoms with Crippen LogP contribution in [0, 0.1) is 5.92 Å². The molecule has 1 rings (SSSR count). The van der Waals surface area contributed by atoms with E-state index in [1.165, 1.54) is 13.2 Å². The van der Waals surface area contributed by atoms with Crippen molar-refractivity contribution < 1.29 is 18.3 Å². The Morgan fingerprint density at radius 3 is 2.50 bits per heavy atom. The molecule has 5 nitrogen and oxygen atoms in total. The number of para-hydroxylation sites is 1. The molecule has 0 amide bonds. The Hall–Kier alpha value is -1.11. The summed E-state index contributed by atoms with van der Waals surface area (Å²) >= 11 is 0. The van der Waals surface area contributed by atoms with Crippen molar-refractivity contribution in [1.29, 1.82) is 0 Å². The summed E-state index contributed by atoms with van der Waals surface area (Å²) in [5.41, 5.74) is -1.08. The number of hydrogen-bond acceptors (Lipinski definition) is 4. The molecule has 6 heteroatoms. The third-order valence-corrected chi connectivity index (χ3v) is 4.29. The molecule has 0 spiro atoms. The molecule has 20 heavy (non-hydrogen) atoms. The highest BCUT2D eigenvalue weighted by Gasteiger charge is 2.26. The molecular formula is C14H23NO4S. The third-order valence-electron chi connectivity index (χ3n) is 2.85. The highest BCUT2D eigenvalue weighted by Crippen LogP contribution is 2.23. The fraction of sp³-hybridized carbons (Fsp3) is 0.571. The van der Waals surface area contributed by atoms with Crippen molar-refractivity contribution in [3.8, 4) is 5.75 Å². The number of rotatable bonds is 7. The molecule has 2 N–H and O–H groups in total. The minimum absolute atomic E-state index is 0.0361. The lowest BCUT2D eigenvalue weighted by molar-refractivity contribution is 0.0436. The zero-order valence-corrected chi connectivity index (χ0v) is 13.2. The molecule has 0 saturated heterocycles. The van der Waals surface area contributed by atoms with Gasteiger partial charge in [0.1, 0.15) is 10.6 Å². The zero-order chi connectivity index (χ0) is 15.4. The van der Waals surface area contributed by atoms with Gasteiger partial charge in [0.05, 0.1) is 12.7 Å². The molecule has 0 fully saturated rings. The number of sulfonamides is 1. The molecule has 114 valence electrons. The summed E-state index contributed by atoms with van der Waals surface area (Å²) in [6.45, 7) is 5.54. The molecule has 0 heterocycles. The summed E-state index contributed by atoms with van der Waals surface area (Å²) < 4.78 is 32.0. The van der Waals surface area contributed by atoms with Gasteiger partial charge in [-0.15, -0.1) is 0 Å². The van der Waals surface area contributed by atoms with Crippen molar-refractivity contribution in [3.05, 3.63) is 24.3 Å². The zero-order valence-electron chi connectivity index (χ0n) is 12.4. The first-order valence-corrected chi connectivity index (χ1v) is 8.01. The van der Waals surface area contributed by atoms with Crippen LogP contribution < -0.4 is 9.46 Å². The monoisotopic (exact) mass is 301 g/mol. The lowest BCUT2D eigenvalue weighted by atomic mass is 9.95. The van der Waals surface area contributed by atoms with Gasteiger partial charge >= 0.3 is 0 Å². The van der Waals surface area contributed by atoms with E-state index in [-0.39, 0.29) is 23.1 Å². The van der Waals surface area contributed by atoms with Gasteiger partial charge in [-0.2, -0.15) is 0 Å². The van der Waals surface area contributed by atoms with Crippen molar-refractivity contribution in [2.45, 2.75) is 37.7 Å². The van der Waals surface area contributed by atoms with E-state index in [0.29, 0.717) is 6.42 Å². The van der Waals surface area contributed by atoms with Crippen LogP contribution in [0.25, 0.3) is 0 Å². The molecule has 1 aromatic rings. The second-order valence-corrected chi connectivity index (χ2v) is 7.31. The number of benzene rings is 1. The molecule has 0 saturated carbocycles. The van der Waals surface area contributed by atoms with Crippen molar-refractivity contribution in [2.75, 3.05) is 13.7 Å². The minimum Gasteiger partial charge on any atom is -0.495 e. The standard InChI is InChI=1S/C14H23NO4S/c1-11(2)9-14(3,16)10-15-20(17,18)13-8-6-5-7-12(13)19-4/h5-8,11,15-16H,9-10H2,1-4H3. The largest absolute Gasteiger partial charge is 0.495 e. The SMILES string of the molecule is COc1ccccc1S(=O)(=O)NCC(C)(O)CC(C)C. The van der Waals surface area contributed by atoms with Gasteiger partial charge in [-0.1, -0.05) is 26.0 Å². The van der Waals surface area contributed by atoms with Crippen LogP contribution in [0.5, 0.6) is 5.75 Å². The minimum atomic E-state index is -3.71. The van der Waals surface area contributed by atoms with Gasteiger partial charge in [-0.3, -0.25) is 0 Å². The van der Waals surface area contributed by atoms with Gasteiger partial charge < -0.3 is 9.84 Å². The molecule has 0 aliphatic carbocycles. The maximum atomic E-state index is 12.2. The van der Waals surface area contributed by atoms with Gasteiger partial charge in [0.15, 0.2) is 0 Å². The third kappa shape index (κ3) is 4.77. The predicted molar refractivity (Wildman–Crippen MR) is 78.3 cm³/mol. The summed E-state index contributed by atoms with van der Waals surface area (Å²) in [6, 6.07) is 6.38. The van der Waals surface area contributed by atoms with E-state index in [0.717, 1.165) is 0 Å². The highest BCUT2D eigenvalue weighted by molar-refractivity contribution is 7.89. The molecule has 1 aromatic carbocycles.